The first kappa shape index (κ1) is 19.0. The van der Waals surface area contributed by atoms with Crippen molar-refractivity contribution >= 4 is 21.2 Å². The predicted molar refractivity (Wildman–Crippen MR) is 110 cm³/mol. The number of hydrogen-bond donors (Lipinski definition) is 2. The summed E-state index contributed by atoms with van der Waals surface area (Å²) in [4.78, 5) is 24.3. The van der Waals surface area contributed by atoms with Gasteiger partial charge in [-0.2, -0.15) is 0 Å². The Balaban J connectivity index is 1.69. The van der Waals surface area contributed by atoms with Gasteiger partial charge in [0, 0.05) is 18.7 Å². The SMILES string of the molecule is CCNS(=O)(=O)c1ccc(-c2nc3ncn(Cc4ccccc4)c3c(=O)[nH]2)cc1. The zero-order valence-corrected chi connectivity index (χ0v) is 16.5. The molecule has 0 amide bonds. The van der Waals surface area contributed by atoms with Crippen LogP contribution in [0.15, 0.2) is 70.6 Å². The molecule has 0 aliphatic rings. The van der Waals surface area contributed by atoms with Crippen LogP contribution in [0.5, 0.6) is 0 Å². The Morgan fingerprint density at radius 2 is 1.79 bits per heavy atom. The summed E-state index contributed by atoms with van der Waals surface area (Å²) < 4.78 is 28.3. The number of fused-ring (bicyclic) bond motifs is 1. The molecule has 8 nitrogen and oxygen atoms in total. The summed E-state index contributed by atoms with van der Waals surface area (Å²) in [5.41, 5.74) is 2.07. The summed E-state index contributed by atoms with van der Waals surface area (Å²) in [5, 5.41) is 0. The molecule has 9 heteroatoms. The highest BCUT2D eigenvalue weighted by Crippen LogP contribution is 2.19. The summed E-state index contributed by atoms with van der Waals surface area (Å²) in [7, 11) is -3.54. The third-order valence-electron chi connectivity index (χ3n) is 4.45. The summed E-state index contributed by atoms with van der Waals surface area (Å²) in [6, 6.07) is 15.9. The molecule has 2 heterocycles. The number of sulfonamides is 1. The van der Waals surface area contributed by atoms with Crippen molar-refractivity contribution in [2.24, 2.45) is 0 Å². The van der Waals surface area contributed by atoms with Crippen molar-refractivity contribution in [2.45, 2.75) is 18.4 Å². The Kier molecular flexibility index (Phi) is 4.99. The third kappa shape index (κ3) is 3.82. The molecule has 0 saturated carbocycles. The second kappa shape index (κ2) is 7.61. The number of hydrogen-bond acceptors (Lipinski definition) is 5. The minimum Gasteiger partial charge on any atom is -0.320 e. The number of nitrogens with zero attached hydrogens (tertiary/aromatic N) is 3. The third-order valence-corrected chi connectivity index (χ3v) is 6.01. The van der Waals surface area contributed by atoms with Gasteiger partial charge in [0.15, 0.2) is 11.2 Å². The molecule has 0 aliphatic heterocycles. The van der Waals surface area contributed by atoms with Gasteiger partial charge in [-0.1, -0.05) is 37.3 Å². The van der Waals surface area contributed by atoms with Crippen LogP contribution in [-0.2, 0) is 16.6 Å². The molecule has 2 aromatic heterocycles. The smallest absolute Gasteiger partial charge is 0.277 e. The fourth-order valence-corrected chi connectivity index (χ4v) is 4.13. The lowest BCUT2D eigenvalue weighted by Gasteiger charge is -2.06. The minimum absolute atomic E-state index is 0.152. The average molecular weight is 409 g/mol. The highest BCUT2D eigenvalue weighted by atomic mass is 32.2. The van der Waals surface area contributed by atoms with Crippen molar-refractivity contribution in [3.05, 3.63) is 76.8 Å². The number of benzene rings is 2. The largest absolute Gasteiger partial charge is 0.320 e. The summed E-state index contributed by atoms with van der Waals surface area (Å²) in [6.07, 6.45) is 1.59. The molecular weight excluding hydrogens is 390 g/mol. The molecule has 0 atom stereocenters. The Hall–Kier alpha value is -3.30. The number of aromatic nitrogens is 4. The van der Waals surface area contributed by atoms with E-state index in [1.54, 1.807) is 30.0 Å². The molecule has 2 N–H and O–H groups in total. The van der Waals surface area contributed by atoms with E-state index in [0.29, 0.717) is 35.6 Å². The van der Waals surface area contributed by atoms with Crippen LogP contribution in [-0.4, -0.2) is 34.5 Å². The van der Waals surface area contributed by atoms with Crippen molar-refractivity contribution < 1.29 is 8.42 Å². The normalized spacial score (nSPS) is 11.8. The van der Waals surface area contributed by atoms with Gasteiger partial charge in [-0.15, -0.1) is 0 Å². The van der Waals surface area contributed by atoms with E-state index in [2.05, 4.69) is 19.7 Å². The van der Waals surface area contributed by atoms with Crippen molar-refractivity contribution in [2.75, 3.05) is 6.54 Å². The van der Waals surface area contributed by atoms with E-state index in [1.807, 2.05) is 30.3 Å². The van der Waals surface area contributed by atoms with Gasteiger partial charge in [0.05, 0.1) is 11.2 Å². The average Bonchev–Trinajstić information content (AvgIpc) is 3.12. The van der Waals surface area contributed by atoms with Crippen LogP contribution in [0.4, 0.5) is 0 Å². The van der Waals surface area contributed by atoms with Gasteiger partial charge in [0.25, 0.3) is 5.56 Å². The van der Waals surface area contributed by atoms with Crippen molar-refractivity contribution in [3.63, 3.8) is 0 Å². The van der Waals surface area contributed by atoms with Gasteiger partial charge in [-0.05, 0) is 29.8 Å². The molecule has 0 bridgehead atoms. The standard InChI is InChI=1S/C20H19N5O3S/c1-2-22-29(27,28)16-10-8-15(9-11-16)18-23-19-17(20(26)24-18)25(13-21-19)12-14-6-4-3-5-7-14/h3-11,13,22H,2,12H2,1H3,(H,23,24,26). The van der Waals surface area contributed by atoms with E-state index < -0.39 is 10.0 Å². The van der Waals surface area contributed by atoms with Crippen LogP contribution < -0.4 is 10.3 Å². The lowest BCUT2D eigenvalue weighted by molar-refractivity contribution is 0.584. The molecule has 148 valence electrons. The first-order chi connectivity index (χ1) is 14.0. The molecule has 29 heavy (non-hydrogen) atoms. The van der Waals surface area contributed by atoms with E-state index >= 15 is 0 Å². The van der Waals surface area contributed by atoms with E-state index in [4.69, 9.17) is 0 Å². The quantitative estimate of drug-likeness (QED) is 0.507. The maximum absolute atomic E-state index is 12.7. The first-order valence-electron chi connectivity index (χ1n) is 9.07. The second-order valence-corrected chi connectivity index (χ2v) is 8.24. The van der Waals surface area contributed by atoms with Crippen LogP contribution in [0.3, 0.4) is 0 Å². The van der Waals surface area contributed by atoms with Crippen LogP contribution in [0.2, 0.25) is 0 Å². The lowest BCUT2D eigenvalue weighted by atomic mass is 10.2. The number of imidazole rings is 1. The van der Waals surface area contributed by atoms with Gasteiger partial charge < -0.3 is 9.55 Å². The Morgan fingerprint density at radius 1 is 1.07 bits per heavy atom. The summed E-state index contributed by atoms with van der Waals surface area (Å²) in [6.45, 7) is 2.53. The molecule has 2 aromatic carbocycles. The maximum atomic E-state index is 12.7. The molecule has 0 unspecified atom stereocenters. The maximum Gasteiger partial charge on any atom is 0.277 e. The van der Waals surface area contributed by atoms with Gasteiger partial charge in [-0.3, -0.25) is 4.79 Å². The Labute approximate surface area is 167 Å². The summed E-state index contributed by atoms with van der Waals surface area (Å²) in [5.74, 6) is 0.333. The number of rotatable bonds is 6. The molecule has 0 spiro atoms. The molecule has 0 aliphatic carbocycles. The van der Waals surface area contributed by atoms with E-state index in [1.165, 1.54) is 12.1 Å². The molecule has 0 fully saturated rings. The van der Waals surface area contributed by atoms with Crippen molar-refractivity contribution in [1.29, 1.82) is 0 Å². The van der Waals surface area contributed by atoms with Crippen molar-refractivity contribution in [1.82, 2.24) is 24.2 Å². The summed E-state index contributed by atoms with van der Waals surface area (Å²) >= 11 is 0. The number of nitrogens with one attached hydrogen (secondary N) is 2. The monoisotopic (exact) mass is 409 g/mol. The van der Waals surface area contributed by atoms with Crippen LogP contribution >= 0.6 is 0 Å². The van der Waals surface area contributed by atoms with Crippen LogP contribution in [0.25, 0.3) is 22.6 Å². The fourth-order valence-electron chi connectivity index (χ4n) is 3.09. The second-order valence-electron chi connectivity index (χ2n) is 6.47. The van der Waals surface area contributed by atoms with Gasteiger partial charge in [-0.25, -0.2) is 23.1 Å². The Morgan fingerprint density at radius 3 is 2.48 bits per heavy atom. The van der Waals surface area contributed by atoms with Gasteiger partial charge in [0.2, 0.25) is 10.0 Å². The number of H-pyrrole nitrogens is 1. The molecule has 0 saturated heterocycles. The number of aromatic amines is 1. The van der Waals surface area contributed by atoms with Crippen LogP contribution in [0.1, 0.15) is 12.5 Å². The zero-order chi connectivity index (χ0) is 20.4. The lowest BCUT2D eigenvalue weighted by Crippen LogP contribution is -2.23. The molecule has 0 radical (unpaired) electrons. The van der Waals surface area contributed by atoms with E-state index in [-0.39, 0.29) is 10.5 Å². The fraction of sp³-hybridized carbons (Fsp3) is 0.150. The van der Waals surface area contributed by atoms with Gasteiger partial charge in [0.1, 0.15) is 5.82 Å². The highest BCUT2D eigenvalue weighted by Gasteiger charge is 2.15. The van der Waals surface area contributed by atoms with Crippen molar-refractivity contribution in [3.8, 4) is 11.4 Å². The van der Waals surface area contributed by atoms with Gasteiger partial charge >= 0.3 is 0 Å². The predicted octanol–water partition coefficient (Wildman–Crippen LogP) is 2.13. The molecule has 4 rings (SSSR count). The highest BCUT2D eigenvalue weighted by molar-refractivity contribution is 7.89. The first-order valence-corrected chi connectivity index (χ1v) is 10.6. The topological polar surface area (TPSA) is 110 Å². The Bertz CT molecular complexity index is 1310. The van der Waals surface area contributed by atoms with Crippen LogP contribution in [0, 0.1) is 0 Å². The molecule has 4 aromatic rings. The van der Waals surface area contributed by atoms with E-state index in [0.717, 1.165) is 5.56 Å². The minimum atomic E-state index is -3.54. The zero-order valence-electron chi connectivity index (χ0n) is 15.7. The molecular formula is C20H19N5O3S. The van der Waals surface area contributed by atoms with E-state index in [9.17, 15) is 13.2 Å².